The summed E-state index contributed by atoms with van der Waals surface area (Å²) >= 11 is 7.78. The lowest BCUT2D eigenvalue weighted by molar-refractivity contribution is 0.0710. The molecular formula is C19H20ClN3O2S. The van der Waals surface area contributed by atoms with Gasteiger partial charge in [-0.1, -0.05) is 53.3 Å². The minimum atomic E-state index is 0.0214. The molecule has 1 aromatic heterocycles. The lowest BCUT2D eigenvalue weighted by Gasteiger charge is -2.28. The predicted molar refractivity (Wildman–Crippen MR) is 102 cm³/mol. The van der Waals surface area contributed by atoms with E-state index < -0.39 is 0 Å². The quantitative estimate of drug-likeness (QED) is 0.806. The lowest BCUT2D eigenvalue weighted by Crippen LogP contribution is -2.36. The number of hydrogen-bond donors (Lipinski definition) is 0. The molecule has 2 aromatic rings. The molecule has 1 amide bonds. The van der Waals surface area contributed by atoms with E-state index in [0.29, 0.717) is 35.1 Å². The largest absolute Gasteiger partial charge is 0.378 e. The van der Waals surface area contributed by atoms with Crippen LogP contribution in [-0.2, 0) is 4.74 Å². The van der Waals surface area contributed by atoms with Crippen LogP contribution in [-0.4, -0.2) is 48.6 Å². The van der Waals surface area contributed by atoms with E-state index >= 15 is 0 Å². The molecule has 0 unspecified atom stereocenters. The first kappa shape index (κ1) is 16.5. The highest BCUT2D eigenvalue weighted by Crippen LogP contribution is 2.57. The Balaban J connectivity index is 1.42. The van der Waals surface area contributed by atoms with Crippen LogP contribution in [0.15, 0.2) is 30.3 Å². The van der Waals surface area contributed by atoms with E-state index in [9.17, 15) is 4.79 Å². The SMILES string of the molecule is O=C(c1sc(N2CCOCC2)nc1Cl)N1C[C@@H]2C[C@@H]2[C@@H]1c1ccccc1. The number of carbonyl (C=O) groups is 1. The molecule has 7 heteroatoms. The Labute approximate surface area is 161 Å². The number of amides is 1. The molecule has 5 nitrogen and oxygen atoms in total. The highest BCUT2D eigenvalue weighted by atomic mass is 35.5. The number of thiazole rings is 1. The molecule has 1 aliphatic carbocycles. The fraction of sp³-hybridized carbons (Fsp3) is 0.474. The first-order valence-electron chi connectivity index (χ1n) is 9.07. The van der Waals surface area contributed by atoms with Gasteiger partial charge in [0.1, 0.15) is 4.88 Å². The number of hydrogen-bond acceptors (Lipinski definition) is 5. The molecule has 26 heavy (non-hydrogen) atoms. The lowest BCUT2D eigenvalue weighted by atomic mass is 10.0. The van der Waals surface area contributed by atoms with Crippen LogP contribution in [0.2, 0.25) is 5.15 Å². The highest BCUT2D eigenvalue weighted by molar-refractivity contribution is 7.18. The molecule has 3 atom stereocenters. The smallest absolute Gasteiger partial charge is 0.267 e. The fourth-order valence-corrected chi connectivity index (χ4v) is 5.49. The van der Waals surface area contributed by atoms with Crippen molar-refractivity contribution in [3.05, 3.63) is 45.9 Å². The summed E-state index contributed by atoms with van der Waals surface area (Å²) in [6.45, 7) is 3.78. The standard InChI is InChI=1S/C19H20ClN3O2S/c20-17-16(26-19(21-17)22-6-8-25-9-7-22)18(24)23-11-13-10-14(13)15(23)12-4-2-1-3-5-12/h1-5,13-15H,6-11H2/t13-,14-,15-/m0/s1. The zero-order chi connectivity index (χ0) is 17.7. The third-order valence-corrected chi connectivity index (χ3v) is 7.09. The molecule has 0 N–H and O–H groups in total. The van der Waals surface area contributed by atoms with Crippen molar-refractivity contribution in [2.24, 2.45) is 11.8 Å². The first-order valence-corrected chi connectivity index (χ1v) is 10.3. The van der Waals surface area contributed by atoms with E-state index in [1.807, 2.05) is 23.1 Å². The molecule has 2 saturated heterocycles. The topological polar surface area (TPSA) is 45.7 Å². The zero-order valence-electron chi connectivity index (χ0n) is 14.3. The van der Waals surface area contributed by atoms with Gasteiger partial charge in [0.25, 0.3) is 5.91 Å². The van der Waals surface area contributed by atoms with Gasteiger partial charge < -0.3 is 14.5 Å². The number of morpholine rings is 1. The Hall–Kier alpha value is -1.63. The van der Waals surface area contributed by atoms with Gasteiger partial charge in [-0.3, -0.25) is 4.79 Å². The average molecular weight is 390 g/mol. The van der Waals surface area contributed by atoms with Crippen molar-refractivity contribution >= 4 is 34.0 Å². The van der Waals surface area contributed by atoms with Crippen LogP contribution in [0.4, 0.5) is 5.13 Å². The van der Waals surface area contributed by atoms with E-state index in [2.05, 4.69) is 22.0 Å². The molecule has 3 aliphatic rings. The second kappa shape index (κ2) is 6.51. The van der Waals surface area contributed by atoms with E-state index in [1.54, 1.807) is 0 Å². The first-order chi connectivity index (χ1) is 12.7. The molecule has 0 radical (unpaired) electrons. The maximum Gasteiger partial charge on any atom is 0.267 e. The summed E-state index contributed by atoms with van der Waals surface area (Å²) in [5.74, 6) is 1.24. The Morgan fingerprint density at radius 2 is 2.00 bits per heavy atom. The molecule has 1 aromatic carbocycles. The van der Waals surface area contributed by atoms with E-state index in [4.69, 9.17) is 16.3 Å². The third kappa shape index (κ3) is 2.80. The van der Waals surface area contributed by atoms with Crippen LogP contribution in [0.3, 0.4) is 0 Å². The number of nitrogens with zero attached hydrogens (tertiary/aromatic N) is 3. The molecular weight excluding hydrogens is 370 g/mol. The monoisotopic (exact) mass is 389 g/mol. The van der Waals surface area contributed by atoms with Gasteiger partial charge in [0, 0.05) is 19.6 Å². The second-order valence-electron chi connectivity index (χ2n) is 7.19. The molecule has 136 valence electrons. The Morgan fingerprint density at radius 3 is 2.77 bits per heavy atom. The number of carbonyl (C=O) groups excluding carboxylic acids is 1. The van der Waals surface area contributed by atoms with Gasteiger partial charge >= 0.3 is 0 Å². The van der Waals surface area contributed by atoms with Crippen molar-refractivity contribution in [1.29, 1.82) is 0 Å². The Morgan fingerprint density at radius 1 is 1.23 bits per heavy atom. The molecule has 3 heterocycles. The number of fused-ring (bicyclic) bond motifs is 1. The Kier molecular flexibility index (Phi) is 4.14. The number of rotatable bonds is 3. The van der Waals surface area contributed by atoms with Crippen molar-refractivity contribution in [2.75, 3.05) is 37.7 Å². The number of ether oxygens (including phenoxy) is 1. The van der Waals surface area contributed by atoms with Gasteiger partial charge in [-0.25, -0.2) is 4.98 Å². The summed E-state index contributed by atoms with van der Waals surface area (Å²) in [5, 5.41) is 1.15. The van der Waals surface area contributed by atoms with Crippen LogP contribution < -0.4 is 4.90 Å². The van der Waals surface area contributed by atoms with Gasteiger partial charge in [-0.05, 0) is 23.8 Å². The van der Waals surface area contributed by atoms with Crippen LogP contribution in [0.1, 0.15) is 27.7 Å². The van der Waals surface area contributed by atoms with Crippen molar-refractivity contribution in [2.45, 2.75) is 12.5 Å². The summed E-state index contributed by atoms with van der Waals surface area (Å²) in [6.07, 6.45) is 1.22. The summed E-state index contributed by atoms with van der Waals surface area (Å²) in [5.41, 5.74) is 1.22. The van der Waals surface area contributed by atoms with Crippen LogP contribution in [0.25, 0.3) is 0 Å². The van der Waals surface area contributed by atoms with Gasteiger partial charge in [0.15, 0.2) is 10.3 Å². The van der Waals surface area contributed by atoms with Gasteiger partial charge in [0.2, 0.25) is 0 Å². The normalized spacial score (nSPS) is 27.5. The Bertz CT molecular complexity index is 821. The van der Waals surface area contributed by atoms with Crippen molar-refractivity contribution < 1.29 is 9.53 Å². The molecule has 2 aliphatic heterocycles. The van der Waals surface area contributed by atoms with Crippen molar-refractivity contribution in [3.63, 3.8) is 0 Å². The minimum absolute atomic E-state index is 0.0214. The number of aromatic nitrogens is 1. The van der Waals surface area contributed by atoms with Crippen molar-refractivity contribution in [1.82, 2.24) is 9.88 Å². The van der Waals surface area contributed by atoms with E-state index in [0.717, 1.165) is 24.8 Å². The zero-order valence-corrected chi connectivity index (χ0v) is 15.9. The number of likely N-dealkylation sites (tertiary alicyclic amines) is 1. The summed E-state index contributed by atoms with van der Waals surface area (Å²) in [6, 6.07) is 10.5. The summed E-state index contributed by atoms with van der Waals surface area (Å²) in [4.78, 5) is 22.5. The number of benzene rings is 1. The van der Waals surface area contributed by atoms with E-state index in [-0.39, 0.29) is 11.9 Å². The molecule has 1 saturated carbocycles. The van der Waals surface area contributed by atoms with Crippen LogP contribution >= 0.6 is 22.9 Å². The maximum absolute atomic E-state index is 13.3. The van der Waals surface area contributed by atoms with Crippen LogP contribution in [0, 0.1) is 11.8 Å². The number of anilines is 1. The predicted octanol–water partition coefficient (Wildman–Crippen LogP) is 3.47. The highest BCUT2D eigenvalue weighted by Gasteiger charge is 2.54. The van der Waals surface area contributed by atoms with Crippen molar-refractivity contribution in [3.8, 4) is 0 Å². The summed E-state index contributed by atoms with van der Waals surface area (Å²) < 4.78 is 5.39. The number of piperidine rings is 1. The van der Waals surface area contributed by atoms with Gasteiger partial charge in [-0.2, -0.15) is 0 Å². The van der Waals surface area contributed by atoms with Gasteiger partial charge in [0.05, 0.1) is 19.3 Å². The van der Waals surface area contributed by atoms with Gasteiger partial charge in [-0.15, -0.1) is 0 Å². The molecule has 5 rings (SSSR count). The molecule has 3 fully saturated rings. The van der Waals surface area contributed by atoms with Crippen LogP contribution in [0.5, 0.6) is 0 Å². The summed E-state index contributed by atoms with van der Waals surface area (Å²) in [7, 11) is 0. The number of halogens is 1. The molecule has 0 spiro atoms. The molecule has 0 bridgehead atoms. The fourth-order valence-electron chi connectivity index (χ4n) is 4.19. The maximum atomic E-state index is 13.3. The van der Waals surface area contributed by atoms with E-state index in [1.165, 1.54) is 23.3 Å². The third-order valence-electron chi connectivity index (χ3n) is 5.60. The minimum Gasteiger partial charge on any atom is -0.378 e. The average Bonchev–Trinajstić information content (AvgIpc) is 3.17. The second-order valence-corrected chi connectivity index (χ2v) is 8.52.